The maximum absolute atomic E-state index is 11.6. The molecule has 0 radical (unpaired) electrons. The van der Waals surface area contributed by atoms with Crippen molar-refractivity contribution in [2.45, 2.75) is 0 Å². The van der Waals surface area contributed by atoms with Gasteiger partial charge in [0, 0.05) is 5.69 Å². The lowest BCUT2D eigenvalue weighted by Gasteiger charge is -2.32. The molecule has 0 fully saturated rings. The van der Waals surface area contributed by atoms with Gasteiger partial charge in [0.15, 0.2) is 0 Å². The fourth-order valence-electron chi connectivity index (χ4n) is 1.35. The molecule has 0 aromatic heterocycles. The van der Waals surface area contributed by atoms with E-state index in [1.54, 1.807) is 48.5 Å². The van der Waals surface area contributed by atoms with Gasteiger partial charge in [0.2, 0.25) is 0 Å². The third-order valence-electron chi connectivity index (χ3n) is 2.25. The van der Waals surface area contributed by atoms with Crippen LogP contribution in [0.5, 0.6) is 0 Å². The van der Waals surface area contributed by atoms with Gasteiger partial charge in [-0.05, 0) is 24.3 Å². The lowest BCUT2D eigenvalue weighted by atomic mass is 10.3. The molecule has 0 amide bonds. The van der Waals surface area contributed by atoms with Crippen LogP contribution in [0, 0.1) is 5.21 Å². The van der Waals surface area contributed by atoms with Crippen molar-refractivity contribution < 1.29 is 5.21 Å². The van der Waals surface area contributed by atoms with Gasteiger partial charge in [-0.3, -0.25) is 5.21 Å². The number of benzene rings is 2. The maximum atomic E-state index is 11.6. The SMILES string of the molecule is [O-]N(NNN(O)c1ccccc1)c1ccccc1. The van der Waals surface area contributed by atoms with Crippen molar-refractivity contribution in [1.29, 1.82) is 0 Å². The first-order valence-electron chi connectivity index (χ1n) is 5.35. The summed E-state index contributed by atoms with van der Waals surface area (Å²) < 4.78 is 0. The van der Waals surface area contributed by atoms with E-state index in [4.69, 9.17) is 0 Å². The van der Waals surface area contributed by atoms with E-state index in [0.717, 1.165) is 0 Å². The zero-order chi connectivity index (χ0) is 12.8. The standard InChI is InChI=1S/C12H13N4O2/c17-15(11-7-3-1-4-8-11)13-14-16(18)12-9-5-2-6-10-12/h1-10,13-14,17H/q-1. The monoisotopic (exact) mass is 245 g/mol. The third kappa shape index (κ3) is 3.19. The van der Waals surface area contributed by atoms with Crippen molar-refractivity contribution >= 4 is 11.4 Å². The first-order valence-corrected chi connectivity index (χ1v) is 5.35. The Labute approximate surface area is 105 Å². The average Bonchev–Trinajstić information content (AvgIpc) is 2.46. The fraction of sp³-hybridized carbons (Fsp3) is 0. The van der Waals surface area contributed by atoms with E-state index < -0.39 is 0 Å². The number of nitrogens with one attached hydrogen (secondary N) is 2. The molecule has 6 nitrogen and oxygen atoms in total. The maximum Gasteiger partial charge on any atom is 0.0835 e. The Bertz CT molecular complexity index is 421. The molecule has 0 aliphatic carbocycles. The summed E-state index contributed by atoms with van der Waals surface area (Å²) in [5, 5.41) is 22.4. The molecule has 0 saturated carbocycles. The largest absolute Gasteiger partial charge is 0.742 e. The van der Waals surface area contributed by atoms with Gasteiger partial charge in [0.1, 0.15) is 0 Å². The first-order chi connectivity index (χ1) is 8.77. The van der Waals surface area contributed by atoms with Gasteiger partial charge in [-0.2, -0.15) is 10.7 Å². The van der Waals surface area contributed by atoms with Crippen LogP contribution in [-0.4, -0.2) is 5.21 Å². The topological polar surface area (TPSA) is 73.8 Å². The van der Waals surface area contributed by atoms with E-state index in [0.29, 0.717) is 21.7 Å². The Hall–Kier alpha value is -2.12. The number of nitrogens with zero attached hydrogens (tertiary/aromatic N) is 2. The van der Waals surface area contributed by atoms with E-state index >= 15 is 0 Å². The highest BCUT2D eigenvalue weighted by Crippen LogP contribution is 2.10. The van der Waals surface area contributed by atoms with Crippen LogP contribution in [0.1, 0.15) is 0 Å². The van der Waals surface area contributed by atoms with E-state index in [9.17, 15) is 10.4 Å². The summed E-state index contributed by atoms with van der Waals surface area (Å²) in [4.78, 5) is 0. The minimum absolute atomic E-state index is 0.423. The van der Waals surface area contributed by atoms with Crippen molar-refractivity contribution in [3.8, 4) is 0 Å². The van der Waals surface area contributed by atoms with Gasteiger partial charge >= 0.3 is 0 Å². The lowest BCUT2D eigenvalue weighted by Crippen LogP contribution is -2.52. The van der Waals surface area contributed by atoms with Gasteiger partial charge in [-0.15, -0.1) is 5.53 Å². The molecule has 2 rings (SSSR count). The summed E-state index contributed by atoms with van der Waals surface area (Å²) in [6.45, 7) is 0. The molecular formula is C12H13N4O2-. The predicted octanol–water partition coefficient (Wildman–Crippen LogP) is 1.81. The van der Waals surface area contributed by atoms with E-state index in [1.807, 2.05) is 12.1 Å². The predicted molar refractivity (Wildman–Crippen MR) is 69.3 cm³/mol. The van der Waals surface area contributed by atoms with Crippen molar-refractivity contribution in [3.63, 3.8) is 0 Å². The second-order valence-corrected chi connectivity index (χ2v) is 3.50. The number of hydrazine groups is 3. The molecule has 0 bridgehead atoms. The van der Waals surface area contributed by atoms with Crippen molar-refractivity contribution in [2.24, 2.45) is 0 Å². The van der Waals surface area contributed by atoms with Crippen LogP contribution in [0.4, 0.5) is 11.4 Å². The molecule has 6 heteroatoms. The van der Waals surface area contributed by atoms with Gasteiger partial charge in [-0.1, -0.05) is 36.4 Å². The van der Waals surface area contributed by atoms with Crippen LogP contribution in [0.15, 0.2) is 60.7 Å². The van der Waals surface area contributed by atoms with Crippen LogP contribution < -0.4 is 21.4 Å². The van der Waals surface area contributed by atoms with Crippen molar-refractivity contribution in [3.05, 3.63) is 65.9 Å². The molecule has 2 aromatic rings. The third-order valence-corrected chi connectivity index (χ3v) is 2.25. The van der Waals surface area contributed by atoms with Gasteiger partial charge in [-0.25, -0.2) is 0 Å². The van der Waals surface area contributed by atoms with Crippen LogP contribution in [0.2, 0.25) is 0 Å². The Balaban J connectivity index is 1.89. The summed E-state index contributed by atoms with van der Waals surface area (Å²) in [7, 11) is 0. The van der Waals surface area contributed by atoms with E-state index in [2.05, 4.69) is 11.1 Å². The highest BCUT2D eigenvalue weighted by Gasteiger charge is 2.00. The molecule has 18 heavy (non-hydrogen) atoms. The lowest BCUT2D eigenvalue weighted by molar-refractivity contribution is 0.190. The van der Waals surface area contributed by atoms with E-state index in [1.165, 1.54) is 0 Å². The quantitative estimate of drug-likeness (QED) is 0.698. The average molecular weight is 245 g/mol. The van der Waals surface area contributed by atoms with Gasteiger partial charge in [0.05, 0.1) is 5.69 Å². The first kappa shape index (κ1) is 12.3. The van der Waals surface area contributed by atoms with Crippen LogP contribution in [-0.2, 0) is 0 Å². The smallest absolute Gasteiger partial charge is 0.0835 e. The van der Waals surface area contributed by atoms with Crippen molar-refractivity contribution in [1.82, 2.24) is 11.1 Å². The fourth-order valence-corrected chi connectivity index (χ4v) is 1.35. The molecule has 0 unspecified atom stereocenters. The summed E-state index contributed by atoms with van der Waals surface area (Å²) in [5.74, 6) is 0. The summed E-state index contributed by atoms with van der Waals surface area (Å²) >= 11 is 0. The van der Waals surface area contributed by atoms with E-state index in [-0.39, 0.29) is 0 Å². The Morgan fingerprint density at radius 1 is 0.778 bits per heavy atom. The van der Waals surface area contributed by atoms with Crippen LogP contribution in [0.25, 0.3) is 0 Å². The zero-order valence-electron chi connectivity index (χ0n) is 9.52. The summed E-state index contributed by atoms with van der Waals surface area (Å²) in [6.07, 6.45) is 0. The highest BCUT2D eigenvalue weighted by molar-refractivity contribution is 5.45. The number of hydrogen-bond acceptors (Lipinski definition) is 6. The minimum Gasteiger partial charge on any atom is -0.742 e. The number of hydrogen-bond donors (Lipinski definition) is 3. The molecular weight excluding hydrogens is 232 g/mol. The Morgan fingerprint density at radius 3 is 1.83 bits per heavy atom. The molecule has 0 saturated heterocycles. The van der Waals surface area contributed by atoms with Crippen LogP contribution >= 0.6 is 0 Å². The highest BCUT2D eigenvalue weighted by atomic mass is 16.6. The second-order valence-electron chi connectivity index (χ2n) is 3.50. The Kier molecular flexibility index (Phi) is 4.11. The van der Waals surface area contributed by atoms with Crippen LogP contribution in [0.3, 0.4) is 0 Å². The summed E-state index contributed by atoms with van der Waals surface area (Å²) in [5.41, 5.74) is 5.58. The number of rotatable bonds is 5. The molecule has 94 valence electrons. The molecule has 0 aliphatic heterocycles. The summed E-state index contributed by atoms with van der Waals surface area (Å²) in [6, 6.07) is 17.3. The molecule has 0 spiro atoms. The second kappa shape index (κ2) is 5.99. The molecule has 2 aromatic carbocycles. The normalized spacial score (nSPS) is 10.1. The van der Waals surface area contributed by atoms with Gasteiger partial charge in [0.25, 0.3) is 0 Å². The minimum atomic E-state index is 0.423. The van der Waals surface area contributed by atoms with Gasteiger partial charge < -0.3 is 10.4 Å². The number of para-hydroxylation sites is 2. The molecule has 0 aliphatic rings. The zero-order valence-corrected chi connectivity index (χ0v) is 9.52. The molecule has 0 heterocycles. The number of anilines is 2. The Morgan fingerprint density at radius 2 is 1.28 bits per heavy atom. The van der Waals surface area contributed by atoms with Crippen molar-refractivity contribution in [2.75, 3.05) is 10.3 Å². The molecule has 0 atom stereocenters. The molecule has 3 N–H and O–H groups in total.